The van der Waals surface area contributed by atoms with Crippen molar-refractivity contribution < 1.29 is 4.74 Å². The summed E-state index contributed by atoms with van der Waals surface area (Å²) < 4.78 is 6.25. The van der Waals surface area contributed by atoms with E-state index in [9.17, 15) is 0 Å². The smallest absolute Gasteiger partial charge is 0.181 e. The highest BCUT2D eigenvalue weighted by Gasteiger charge is 2.17. The molecular weight excluding hydrogens is 460 g/mol. The van der Waals surface area contributed by atoms with Gasteiger partial charge >= 0.3 is 0 Å². The molecule has 1 fully saturated rings. The molecule has 0 unspecified atom stereocenters. The van der Waals surface area contributed by atoms with Crippen molar-refractivity contribution in [1.29, 1.82) is 0 Å². The van der Waals surface area contributed by atoms with Gasteiger partial charge in [-0.05, 0) is 73.2 Å². The Kier molecular flexibility index (Phi) is 5.39. The van der Waals surface area contributed by atoms with Gasteiger partial charge in [0, 0.05) is 52.2 Å². The van der Waals surface area contributed by atoms with Gasteiger partial charge in [0.1, 0.15) is 5.75 Å². The van der Waals surface area contributed by atoms with Crippen LogP contribution in [0, 0.1) is 0 Å². The minimum atomic E-state index is 0.283. The Balaban J connectivity index is 1.26. The summed E-state index contributed by atoms with van der Waals surface area (Å²) in [5.41, 5.74) is 7.85. The maximum absolute atomic E-state index is 6.25. The molecule has 0 saturated heterocycles. The van der Waals surface area contributed by atoms with Crippen LogP contribution in [0.5, 0.6) is 5.75 Å². The Labute approximate surface area is 214 Å². The number of ether oxygens (including phenoxy) is 1. The number of aromatic amines is 2. The summed E-state index contributed by atoms with van der Waals surface area (Å²) >= 11 is 0. The largest absolute Gasteiger partial charge is 0.489 e. The molecule has 7 heteroatoms. The normalized spacial score (nSPS) is 14.4. The third-order valence-corrected chi connectivity index (χ3v) is 7.24. The van der Waals surface area contributed by atoms with Crippen molar-refractivity contribution >= 4 is 21.9 Å². The Morgan fingerprint density at radius 1 is 0.784 bits per heavy atom. The molecule has 0 aliphatic heterocycles. The summed E-state index contributed by atoms with van der Waals surface area (Å²) in [4.78, 5) is 16.8. The fourth-order valence-electron chi connectivity index (χ4n) is 5.35. The van der Waals surface area contributed by atoms with E-state index in [1.165, 1.54) is 19.3 Å². The van der Waals surface area contributed by atoms with Crippen LogP contribution in [0.4, 0.5) is 0 Å². The number of benzene rings is 1. The summed E-state index contributed by atoms with van der Waals surface area (Å²) in [6.45, 7) is 0. The van der Waals surface area contributed by atoms with Crippen LogP contribution in [-0.2, 0) is 0 Å². The van der Waals surface area contributed by atoms with Crippen LogP contribution < -0.4 is 4.74 Å². The van der Waals surface area contributed by atoms with E-state index < -0.39 is 0 Å². The second-order valence-corrected chi connectivity index (χ2v) is 9.67. The van der Waals surface area contributed by atoms with Crippen molar-refractivity contribution in [3.05, 3.63) is 79.5 Å². The summed E-state index contributed by atoms with van der Waals surface area (Å²) in [7, 11) is 0. The fourth-order valence-corrected chi connectivity index (χ4v) is 5.35. The fraction of sp³-hybridized carbons (Fsp3) is 0.200. The minimum Gasteiger partial charge on any atom is -0.489 e. The van der Waals surface area contributed by atoms with Crippen LogP contribution >= 0.6 is 0 Å². The number of fused-ring (bicyclic) bond motifs is 2. The van der Waals surface area contributed by atoms with Gasteiger partial charge in [-0.3, -0.25) is 15.1 Å². The molecule has 6 aromatic rings. The second kappa shape index (κ2) is 9.17. The van der Waals surface area contributed by atoms with Crippen LogP contribution in [0.3, 0.4) is 0 Å². The molecule has 0 atom stereocenters. The number of hydrogen-bond donors (Lipinski definition) is 2. The van der Waals surface area contributed by atoms with Gasteiger partial charge in [-0.1, -0.05) is 18.6 Å². The molecule has 0 spiro atoms. The van der Waals surface area contributed by atoms with Crippen LogP contribution in [0.25, 0.3) is 55.6 Å². The zero-order valence-corrected chi connectivity index (χ0v) is 20.3. The van der Waals surface area contributed by atoms with Crippen LogP contribution in [-0.4, -0.2) is 36.2 Å². The Hall–Kier alpha value is -4.52. The molecular formula is C30H26N6O. The van der Waals surface area contributed by atoms with Gasteiger partial charge in [0.25, 0.3) is 0 Å². The van der Waals surface area contributed by atoms with Crippen molar-refractivity contribution in [3.63, 3.8) is 0 Å². The second-order valence-electron chi connectivity index (χ2n) is 9.67. The standard InChI is InChI=1S/C30H26N6O/c1-2-5-22(6-3-1)37-23-13-20(16-32-18-23)21-14-26-29(35-36-30(26)33-17-21)28-15-25-24(7-4-8-27(25)34-28)19-9-11-31-12-10-19/h4,7-18,22,34H,1-3,5-6H2,(H,33,35,36). The van der Waals surface area contributed by atoms with Gasteiger partial charge in [0.2, 0.25) is 0 Å². The zero-order valence-electron chi connectivity index (χ0n) is 20.3. The summed E-state index contributed by atoms with van der Waals surface area (Å²) in [5.74, 6) is 0.816. The number of pyridine rings is 3. The predicted octanol–water partition coefficient (Wildman–Crippen LogP) is 6.94. The molecule has 37 heavy (non-hydrogen) atoms. The van der Waals surface area contributed by atoms with E-state index in [-0.39, 0.29) is 6.10 Å². The molecule has 7 nitrogen and oxygen atoms in total. The molecule has 0 amide bonds. The number of H-pyrrole nitrogens is 2. The Bertz CT molecular complexity index is 1700. The van der Waals surface area contributed by atoms with Crippen LogP contribution in [0.15, 0.2) is 79.5 Å². The van der Waals surface area contributed by atoms with Crippen LogP contribution in [0.1, 0.15) is 32.1 Å². The molecule has 1 aromatic carbocycles. The van der Waals surface area contributed by atoms with E-state index in [1.807, 2.05) is 36.9 Å². The number of nitrogens with zero attached hydrogens (tertiary/aromatic N) is 4. The Morgan fingerprint density at radius 3 is 2.54 bits per heavy atom. The summed E-state index contributed by atoms with van der Waals surface area (Å²) in [6, 6.07) is 16.7. The van der Waals surface area contributed by atoms with Gasteiger partial charge in [-0.25, -0.2) is 4.98 Å². The van der Waals surface area contributed by atoms with E-state index in [0.717, 1.165) is 68.5 Å². The average Bonchev–Trinajstić information content (AvgIpc) is 3.58. The van der Waals surface area contributed by atoms with Gasteiger partial charge < -0.3 is 9.72 Å². The maximum atomic E-state index is 6.25. The first-order valence-electron chi connectivity index (χ1n) is 12.8. The highest BCUT2D eigenvalue weighted by atomic mass is 16.5. The SMILES string of the molecule is c1cc(-c2ccncc2)c2cc(-c3[nH]nc4ncc(-c5cncc(OC6CCCCC6)c5)cc34)[nH]c2c1. The number of rotatable bonds is 5. The number of hydrogen-bond acceptors (Lipinski definition) is 5. The first-order chi connectivity index (χ1) is 18.3. The van der Waals surface area contributed by atoms with Gasteiger partial charge in [0.15, 0.2) is 5.65 Å². The lowest BCUT2D eigenvalue weighted by molar-refractivity contribution is 0.154. The summed E-state index contributed by atoms with van der Waals surface area (Å²) in [5, 5.41) is 9.77. The predicted molar refractivity (Wildman–Crippen MR) is 145 cm³/mol. The first kappa shape index (κ1) is 21.7. The quantitative estimate of drug-likeness (QED) is 0.275. The van der Waals surface area contributed by atoms with E-state index in [2.05, 4.69) is 66.5 Å². The maximum Gasteiger partial charge on any atom is 0.181 e. The lowest BCUT2D eigenvalue weighted by Crippen LogP contribution is -2.19. The lowest BCUT2D eigenvalue weighted by atomic mass is 9.98. The number of nitrogens with one attached hydrogen (secondary N) is 2. The molecule has 2 N–H and O–H groups in total. The molecule has 7 rings (SSSR count). The van der Waals surface area contributed by atoms with E-state index >= 15 is 0 Å². The van der Waals surface area contributed by atoms with Gasteiger partial charge in [-0.15, -0.1) is 0 Å². The minimum absolute atomic E-state index is 0.283. The summed E-state index contributed by atoms with van der Waals surface area (Å²) in [6.07, 6.45) is 15.4. The Morgan fingerprint density at radius 2 is 1.65 bits per heavy atom. The molecule has 5 heterocycles. The molecule has 5 aromatic heterocycles. The third-order valence-electron chi connectivity index (χ3n) is 7.24. The third kappa shape index (κ3) is 4.12. The van der Waals surface area contributed by atoms with Gasteiger partial charge in [0.05, 0.1) is 23.7 Å². The average molecular weight is 487 g/mol. The topological polar surface area (TPSA) is 92.4 Å². The molecule has 182 valence electrons. The lowest BCUT2D eigenvalue weighted by Gasteiger charge is -2.23. The van der Waals surface area contributed by atoms with Crippen molar-refractivity contribution in [1.82, 2.24) is 30.1 Å². The highest BCUT2D eigenvalue weighted by molar-refractivity contribution is 6.01. The zero-order chi connectivity index (χ0) is 24.6. The monoisotopic (exact) mass is 486 g/mol. The van der Waals surface area contributed by atoms with E-state index in [1.54, 1.807) is 6.20 Å². The van der Waals surface area contributed by atoms with E-state index in [4.69, 9.17) is 4.74 Å². The molecule has 1 aliphatic rings. The van der Waals surface area contributed by atoms with Crippen molar-refractivity contribution in [2.45, 2.75) is 38.2 Å². The van der Waals surface area contributed by atoms with Gasteiger partial charge in [-0.2, -0.15) is 5.10 Å². The first-order valence-corrected chi connectivity index (χ1v) is 12.8. The van der Waals surface area contributed by atoms with Crippen molar-refractivity contribution in [2.24, 2.45) is 0 Å². The molecule has 1 aliphatic carbocycles. The van der Waals surface area contributed by atoms with Crippen molar-refractivity contribution in [2.75, 3.05) is 0 Å². The van der Waals surface area contributed by atoms with Crippen molar-refractivity contribution in [3.8, 4) is 39.4 Å². The molecule has 0 bridgehead atoms. The van der Waals surface area contributed by atoms with E-state index in [0.29, 0.717) is 5.65 Å². The number of aromatic nitrogens is 6. The van der Waals surface area contributed by atoms with Crippen LogP contribution in [0.2, 0.25) is 0 Å². The molecule has 0 radical (unpaired) electrons. The highest BCUT2D eigenvalue weighted by Crippen LogP contribution is 2.35. The molecule has 1 saturated carbocycles.